The summed E-state index contributed by atoms with van der Waals surface area (Å²) in [4.78, 5) is 0. The van der Waals surface area contributed by atoms with E-state index >= 15 is 0 Å². The first-order valence-corrected chi connectivity index (χ1v) is 7.09. The highest BCUT2D eigenvalue weighted by atomic mass is 14.2. The summed E-state index contributed by atoms with van der Waals surface area (Å²) in [5, 5.41) is 0. The highest BCUT2D eigenvalue weighted by molar-refractivity contribution is 5.07. The van der Waals surface area contributed by atoms with E-state index in [0.29, 0.717) is 11.8 Å². The molecule has 0 N–H and O–H groups in total. The lowest BCUT2D eigenvalue weighted by atomic mass is 9.83. The van der Waals surface area contributed by atoms with E-state index < -0.39 is 0 Å². The average molecular weight is 220 g/mol. The first-order valence-electron chi connectivity index (χ1n) is 7.09. The Balaban J connectivity index is 2.25. The Morgan fingerprint density at radius 3 is 2.19 bits per heavy atom. The van der Waals surface area contributed by atoms with Gasteiger partial charge in [0.2, 0.25) is 0 Å². The minimum absolute atomic E-state index is 0.599. The minimum Gasteiger partial charge on any atom is -0.0999 e. The van der Waals surface area contributed by atoms with Crippen LogP contribution in [0.1, 0.15) is 66.2 Å². The van der Waals surface area contributed by atoms with Gasteiger partial charge in [-0.1, -0.05) is 39.5 Å². The van der Waals surface area contributed by atoms with Gasteiger partial charge in [-0.15, -0.1) is 0 Å². The zero-order chi connectivity index (χ0) is 12.0. The van der Waals surface area contributed by atoms with Crippen molar-refractivity contribution in [2.24, 2.45) is 23.7 Å². The molecule has 0 saturated heterocycles. The summed E-state index contributed by atoms with van der Waals surface area (Å²) in [6.45, 7) is 9.24. The fraction of sp³-hybridized carbons (Fsp3) is 0.875. The third-order valence-corrected chi connectivity index (χ3v) is 3.73. The fourth-order valence-electron chi connectivity index (χ4n) is 2.32. The first-order chi connectivity index (χ1) is 7.58. The first kappa shape index (κ1) is 13.6. The van der Waals surface area contributed by atoms with Crippen LogP contribution in [-0.2, 0) is 0 Å². The zero-order valence-electron chi connectivity index (χ0n) is 11.6. The van der Waals surface area contributed by atoms with Crippen molar-refractivity contribution in [2.75, 3.05) is 0 Å². The van der Waals surface area contributed by atoms with Gasteiger partial charge < -0.3 is 0 Å². The summed E-state index contributed by atoms with van der Waals surface area (Å²) in [6, 6.07) is 0. The SMILES string of the molecule is CC(C)CCC(C)C#CC1CCC(C)CC1. The van der Waals surface area contributed by atoms with Gasteiger partial charge in [0.1, 0.15) is 0 Å². The van der Waals surface area contributed by atoms with Gasteiger partial charge in [0, 0.05) is 11.8 Å². The maximum Gasteiger partial charge on any atom is 0.0203 e. The number of rotatable bonds is 3. The molecule has 1 atom stereocenters. The molecule has 0 aromatic carbocycles. The second kappa shape index (κ2) is 7.00. The van der Waals surface area contributed by atoms with Crippen molar-refractivity contribution in [3.05, 3.63) is 0 Å². The fourth-order valence-corrected chi connectivity index (χ4v) is 2.32. The van der Waals surface area contributed by atoms with Crippen molar-refractivity contribution >= 4 is 0 Å². The molecule has 1 saturated carbocycles. The van der Waals surface area contributed by atoms with Crippen LogP contribution in [0.25, 0.3) is 0 Å². The topological polar surface area (TPSA) is 0 Å². The van der Waals surface area contributed by atoms with E-state index in [1.807, 2.05) is 0 Å². The summed E-state index contributed by atoms with van der Waals surface area (Å²) in [7, 11) is 0. The molecule has 1 rings (SSSR count). The highest BCUT2D eigenvalue weighted by Crippen LogP contribution is 2.27. The van der Waals surface area contributed by atoms with Crippen LogP contribution in [-0.4, -0.2) is 0 Å². The smallest absolute Gasteiger partial charge is 0.0203 e. The average Bonchev–Trinajstić information content (AvgIpc) is 2.25. The van der Waals surface area contributed by atoms with Crippen LogP contribution < -0.4 is 0 Å². The molecule has 0 aromatic rings. The van der Waals surface area contributed by atoms with Gasteiger partial charge in [0.25, 0.3) is 0 Å². The van der Waals surface area contributed by atoms with Gasteiger partial charge >= 0.3 is 0 Å². The molecule has 0 nitrogen and oxygen atoms in total. The van der Waals surface area contributed by atoms with Crippen LogP contribution in [0.2, 0.25) is 0 Å². The van der Waals surface area contributed by atoms with E-state index in [-0.39, 0.29) is 0 Å². The van der Waals surface area contributed by atoms with Crippen LogP contribution in [0.5, 0.6) is 0 Å². The lowest BCUT2D eigenvalue weighted by molar-refractivity contribution is 0.337. The molecule has 0 amide bonds. The van der Waals surface area contributed by atoms with Crippen LogP contribution in [0.4, 0.5) is 0 Å². The highest BCUT2D eigenvalue weighted by Gasteiger charge is 2.15. The number of hydrogen-bond donors (Lipinski definition) is 0. The van der Waals surface area contributed by atoms with E-state index in [9.17, 15) is 0 Å². The maximum absolute atomic E-state index is 3.52. The molecular weight excluding hydrogens is 192 g/mol. The summed E-state index contributed by atoms with van der Waals surface area (Å²) in [6.07, 6.45) is 8.04. The molecule has 16 heavy (non-hydrogen) atoms. The van der Waals surface area contributed by atoms with E-state index in [2.05, 4.69) is 39.5 Å². The maximum atomic E-state index is 3.52. The van der Waals surface area contributed by atoms with Crippen LogP contribution in [0, 0.1) is 35.5 Å². The molecule has 0 aliphatic heterocycles. The van der Waals surface area contributed by atoms with Crippen molar-refractivity contribution < 1.29 is 0 Å². The predicted octanol–water partition coefficient (Wildman–Crippen LogP) is 4.89. The zero-order valence-corrected chi connectivity index (χ0v) is 11.6. The molecule has 1 aliphatic rings. The molecule has 1 unspecified atom stereocenters. The molecule has 0 heteroatoms. The molecule has 0 bridgehead atoms. The van der Waals surface area contributed by atoms with Gasteiger partial charge in [-0.25, -0.2) is 0 Å². The normalized spacial score (nSPS) is 27.3. The van der Waals surface area contributed by atoms with Crippen molar-refractivity contribution in [3.63, 3.8) is 0 Å². The predicted molar refractivity (Wildman–Crippen MR) is 72.1 cm³/mol. The summed E-state index contributed by atoms with van der Waals surface area (Å²) in [5.74, 6) is 10.1. The quantitative estimate of drug-likeness (QED) is 0.594. The van der Waals surface area contributed by atoms with Crippen LogP contribution in [0.3, 0.4) is 0 Å². The lowest BCUT2D eigenvalue weighted by Crippen LogP contribution is -2.10. The van der Waals surface area contributed by atoms with Crippen molar-refractivity contribution in [2.45, 2.75) is 66.2 Å². The van der Waals surface area contributed by atoms with Gasteiger partial charge in [0.05, 0.1) is 0 Å². The van der Waals surface area contributed by atoms with Crippen LogP contribution >= 0.6 is 0 Å². The second-order valence-electron chi connectivity index (χ2n) is 6.12. The van der Waals surface area contributed by atoms with Crippen LogP contribution in [0.15, 0.2) is 0 Å². The Hall–Kier alpha value is -0.440. The molecular formula is C16H28. The Kier molecular flexibility index (Phi) is 5.96. The summed E-state index contributed by atoms with van der Waals surface area (Å²) in [5.41, 5.74) is 0. The van der Waals surface area contributed by atoms with Gasteiger partial charge in [0.15, 0.2) is 0 Å². The monoisotopic (exact) mass is 220 g/mol. The minimum atomic E-state index is 0.599. The second-order valence-corrected chi connectivity index (χ2v) is 6.12. The third-order valence-electron chi connectivity index (χ3n) is 3.73. The van der Waals surface area contributed by atoms with E-state index in [0.717, 1.165) is 11.8 Å². The van der Waals surface area contributed by atoms with Gasteiger partial charge in [-0.3, -0.25) is 0 Å². The lowest BCUT2D eigenvalue weighted by Gasteiger charge is -2.22. The Labute approximate surface area is 102 Å². The third kappa shape index (κ3) is 5.59. The van der Waals surface area contributed by atoms with Crippen molar-refractivity contribution in [1.29, 1.82) is 0 Å². The summed E-state index contributed by atoms with van der Waals surface area (Å²) < 4.78 is 0. The van der Waals surface area contributed by atoms with Crippen molar-refractivity contribution in [1.82, 2.24) is 0 Å². The van der Waals surface area contributed by atoms with E-state index in [1.165, 1.54) is 38.5 Å². The Morgan fingerprint density at radius 1 is 1.00 bits per heavy atom. The number of hydrogen-bond acceptors (Lipinski definition) is 0. The van der Waals surface area contributed by atoms with Gasteiger partial charge in [-0.05, 0) is 50.4 Å². The Morgan fingerprint density at radius 2 is 1.62 bits per heavy atom. The largest absolute Gasteiger partial charge is 0.0999 e. The van der Waals surface area contributed by atoms with Crippen molar-refractivity contribution in [3.8, 4) is 11.8 Å². The molecule has 0 aromatic heterocycles. The van der Waals surface area contributed by atoms with Gasteiger partial charge in [-0.2, -0.15) is 0 Å². The summed E-state index contributed by atoms with van der Waals surface area (Å²) >= 11 is 0. The molecule has 1 aliphatic carbocycles. The molecule has 0 heterocycles. The van der Waals surface area contributed by atoms with E-state index in [1.54, 1.807) is 0 Å². The molecule has 0 radical (unpaired) electrons. The standard InChI is InChI=1S/C16H28/c1-13(2)5-6-14(3)7-10-16-11-8-15(4)9-12-16/h13-16H,5-6,8-9,11-12H2,1-4H3. The Bertz CT molecular complexity index is 232. The molecule has 92 valence electrons. The molecule has 1 fully saturated rings. The van der Waals surface area contributed by atoms with E-state index in [4.69, 9.17) is 0 Å². The molecule has 0 spiro atoms.